The molecule has 0 bridgehead atoms. The normalized spacial score (nSPS) is 11.2. The van der Waals surface area contributed by atoms with Crippen LogP contribution in [0.25, 0.3) is 11.1 Å². The topological polar surface area (TPSA) is 78.6 Å². The molecule has 106 valence electrons. The van der Waals surface area contributed by atoms with Crippen LogP contribution in [0.4, 0.5) is 0 Å². The maximum Gasteiger partial charge on any atom is 0.241 e. The summed E-state index contributed by atoms with van der Waals surface area (Å²) in [5.41, 5.74) is 1.63. The summed E-state index contributed by atoms with van der Waals surface area (Å²) in [5.74, 6) is 0.446. The Morgan fingerprint density at radius 2 is 1.50 bits per heavy atom. The summed E-state index contributed by atoms with van der Waals surface area (Å²) in [6, 6.07) is 12.5. The number of ether oxygens (including phenoxy) is 2. The number of nitrogens with two attached hydrogens (primary N) is 1. The standard InChI is InChI=1S/C14H15NO4S/c1-18-13-11(10-6-4-3-5-7-10)8-9-12(14(13)19-2)20(15,16)17/h3-9H,1-2H3,(H2,15,16,17). The fourth-order valence-electron chi connectivity index (χ4n) is 2.01. The van der Waals surface area contributed by atoms with E-state index in [1.807, 2.05) is 30.3 Å². The fourth-order valence-corrected chi connectivity index (χ4v) is 2.70. The summed E-state index contributed by atoms with van der Waals surface area (Å²) in [7, 11) is -1.05. The van der Waals surface area contributed by atoms with Crippen molar-refractivity contribution in [2.75, 3.05) is 14.2 Å². The molecule has 0 aromatic heterocycles. The number of primary sulfonamides is 1. The average Bonchev–Trinajstić information content (AvgIpc) is 2.45. The van der Waals surface area contributed by atoms with Gasteiger partial charge in [-0.15, -0.1) is 0 Å². The van der Waals surface area contributed by atoms with Gasteiger partial charge in [-0.05, 0) is 17.7 Å². The highest BCUT2D eigenvalue weighted by atomic mass is 32.2. The van der Waals surface area contributed by atoms with Gasteiger partial charge in [-0.1, -0.05) is 30.3 Å². The first-order valence-corrected chi connectivity index (χ1v) is 7.37. The lowest BCUT2D eigenvalue weighted by Gasteiger charge is -2.15. The van der Waals surface area contributed by atoms with Crippen molar-refractivity contribution in [3.05, 3.63) is 42.5 Å². The third-order valence-electron chi connectivity index (χ3n) is 2.88. The molecular weight excluding hydrogens is 278 g/mol. The molecule has 0 spiro atoms. The quantitative estimate of drug-likeness (QED) is 0.935. The molecule has 0 radical (unpaired) electrons. The number of rotatable bonds is 4. The Morgan fingerprint density at radius 3 is 2.00 bits per heavy atom. The van der Waals surface area contributed by atoms with Crippen molar-refractivity contribution in [2.24, 2.45) is 5.14 Å². The van der Waals surface area contributed by atoms with Gasteiger partial charge in [0.25, 0.3) is 0 Å². The smallest absolute Gasteiger partial charge is 0.241 e. The number of methoxy groups -OCH3 is 2. The third kappa shape index (κ3) is 2.61. The zero-order valence-electron chi connectivity index (χ0n) is 11.2. The van der Waals surface area contributed by atoms with Crippen LogP contribution in [0.15, 0.2) is 47.4 Å². The van der Waals surface area contributed by atoms with E-state index in [1.54, 1.807) is 6.07 Å². The van der Waals surface area contributed by atoms with Crippen molar-refractivity contribution in [3.63, 3.8) is 0 Å². The average molecular weight is 293 g/mol. The summed E-state index contributed by atoms with van der Waals surface area (Å²) in [5, 5.41) is 5.18. The van der Waals surface area contributed by atoms with Crippen molar-refractivity contribution in [3.8, 4) is 22.6 Å². The highest BCUT2D eigenvalue weighted by Crippen LogP contribution is 2.41. The van der Waals surface area contributed by atoms with Gasteiger partial charge in [0.1, 0.15) is 4.90 Å². The predicted molar refractivity (Wildman–Crippen MR) is 76.4 cm³/mol. The van der Waals surface area contributed by atoms with Crippen LogP contribution in [0, 0.1) is 0 Å². The second-order valence-corrected chi connectivity index (χ2v) is 5.62. The summed E-state index contributed by atoms with van der Waals surface area (Å²) in [6.07, 6.45) is 0. The summed E-state index contributed by atoms with van der Waals surface area (Å²) < 4.78 is 33.6. The molecule has 6 heteroatoms. The molecular formula is C14H15NO4S. The molecule has 20 heavy (non-hydrogen) atoms. The van der Waals surface area contributed by atoms with E-state index in [4.69, 9.17) is 14.6 Å². The SMILES string of the molecule is COc1c(-c2ccccc2)ccc(S(N)(=O)=O)c1OC. The van der Waals surface area contributed by atoms with E-state index in [9.17, 15) is 8.42 Å². The van der Waals surface area contributed by atoms with Gasteiger partial charge < -0.3 is 9.47 Å². The van der Waals surface area contributed by atoms with E-state index >= 15 is 0 Å². The minimum atomic E-state index is -3.88. The highest BCUT2D eigenvalue weighted by molar-refractivity contribution is 7.89. The Morgan fingerprint density at radius 1 is 0.900 bits per heavy atom. The summed E-state index contributed by atoms with van der Waals surface area (Å²) in [4.78, 5) is -0.100. The van der Waals surface area contributed by atoms with E-state index in [2.05, 4.69) is 0 Å². The van der Waals surface area contributed by atoms with Gasteiger partial charge >= 0.3 is 0 Å². The molecule has 0 fully saturated rings. The van der Waals surface area contributed by atoms with Crippen LogP contribution in [-0.2, 0) is 10.0 Å². The maximum atomic E-state index is 11.6. The highest BCUT2D eigenvalue weighted by Gasteiger charge is 2.22. The van der Waals surface area contributed by atoms with E-state index in [0.29, 0.717) is 5.75 Å². The molecule has 2 rings (SSSR count). The van der Waals surface area contributed by atoms with Crippen LogP contribution < -0.4 is 14.6 Å². The Hall–Kier alpha value is -2.05. The molecule has 2 aromatic rings. The minimum absolute atomic E-state index is 0.100. The first-order valence-electron chi connectivity index (χ1n) is 5.82. The van der Waals surface area contributed by atoms with Crippen LogP contribution >= 0.6 is 0 Å². The second-order valence-electron chi connectivity index (χ2n) is 4.09. The molecule has 0 unspecified atom stereocenters. The second kappa shape index (κ2) is 5.52. The van der Waals surface area contributed by atoms with Crippen molar-refractivity contribution < 1.29 is 17.9 Å². The number of benzene rings is 2. The molecule has 0 aliphatic rings. The van der Waals surface area contributed by atoms with Gasteiger partial charge in [0.2, 0.25) is 10.0 Å². The van der Waals surface area contributed by atoms with Crippen molar-refractivity contribution in [1.29, 1.82) is 0 Å². The van der Waals surface area contributed by atoms with Gasteiger partial charge in [-0.2, -0.15) is 0 Å². The molecule has 0 saturated heterocycles. The number of sulfonamides is 1. The lowest BCUT2D eigenvalue weighted by Crippen LogP contribution is -2.14. The van der Waals surface area contributed by atoms with Crippen LogP contribution in [0.1, 0.15) is 0 Å². The van der Waals surface area contributed by atoms with Gasteiger partial charge in [0.15, 0.2) is 11.5 Å². The first kappa shape index (κ1) is 14.4. The molecule has 0 amide bonds. The van der Waals surface area contributed by atoms with Gasteiger partial charge in [0, 0.05) is 5.56 Å². The molecule has 0 atom stereocenters. The molecule has 5 nitrogen and oxygen atoms in total. The maximum absolute atomic E-state index is 11.6. The van der Waals surface area contributed by atoms with Crippen molar-refractivity contribution in [1.82, 2.24) is 0 Å². The van der Waals surface area contributed by atoms with Crippen molar-refractivity contribution >= 4 is 10.0 Å². The Bertz CT molecular complexity index is 711. The number of hydrogen-bond donors (Lipinski definition) is 1. The summed E-state index contributed by atoms with van der Waals surface area (Å²) in [6.45, 7) is 0. The van der Waals surface area contributed by atoms with Crippen LogP contribution in [-0.4, -0.2) is 22.6 Å². The molecule has 2 N–H and O–H groups in total. The largest absolute Gasteiger partial charge is 0.492 e. The van der Waals surface area contributed by atoms with Crippen LogP contribution in [0.5, 0.6) is 11.5 Å². The first-order chi connectivity index (χ1) is 9.49. The molecule has 0 saturated carbocycles. The van der Waals surface area contributed by atoms with Crippen LogP contribution in [0.2, 0.25) is 0 Å². The van der Waals surface area contributed by atoms with Gasteiger partial charge in [0.05, 0.1) is 14.2 Å². The van der Waals surface area contributed by atoms with Crippen LogP contribution in [0.3, 0.4) is 0 Å². The number of hydrogen-bond acceptors (Lipinski definition) is 4. The zero-order valence-corrected chi connectivity index (χ0v) is 12.0. The lowest BCUT2D eigenvalue weighted by molar-refractivity contribution is 0.348. The zero-order chi connectivity index (χ0) is 14.8. The molecule has 0 aliphatic heterocycles. The van der Waals surface area contributed by atoms with Crippen molar-refractivity contribution in [2.45, 2.75) is 4.90 Å². The van der Waals surface area contributed by atoms with E-state index in [1.165, 1.54) is 20.3 Å². The minimum Gasteiger partial charge on any atom is -0.492 e. The monoisotopic (exact) mass is 293 g/mol. The Kier molecular flexibility index (Phi) is 3.96. The Balaban J connectivity index is 2.74. The fraction of sp³-hybridized carbons (Fsp3) is 0.143. The molecule has 2 aromatic carbocycles. The summed E-state index contributed by atoms with van der Waals surface area (Å²) >= 11 is 0. The van der Waals surface area contributed by atoms with Gasteiger partial charge in [-0.25, -0.2) is 13.6 Å². The van der Waals surface area contributed by atoms with E-state index in [-0.39, 0.29) is 10.6 Å². The predicted octanol–water partition coefficient (Wildman–Crippen LogP) is 2.02. The third-order valence-corrected chi connectivity index (χ3v) is 3.81. The molecule has 0 aliphatic carbocycles. The lowest BCUT2D eigenvalue weighted by atomic mass is 10.0. The molecule has 0 heterocycles. The van der Waals surface area contributed by atoms with E-state index < -0.39 is 10.0 Å². The Labute approximate surface area is 118 Å². The van der Waals surface area contributed by atoms with E-state index in [0.717, 1.165) is 11.1 Å². The van der Waals surface area contributed by atoms with Gasteiger partial charge in [-0.3, -0.25) is 0 Å².